The lowest BCUT2D eigenvalue weighted by atomic mass is 10.1. The van der Waals surface area contributed by atoms with Gasteiger partial charge in [-0.15, -0.1) is 0 Å². The van der Waals surface area contributed by atoms with E-state index in [1.807, 2.05) is 4.90 Å². The third kappa shape index (κ3) is 3.26. The summed E-state index contributed by atoms with van der Waals surface area (Å²) in [5.74, 6) is 0.465. The highest BCUT2D eigenvalue weighted by Crippen LogP contribution is 2.23. The summed E-state index contributed by atoms with van der Waals surface area (Å²) in [6.07, 6.45) is 4.65. The van der Waals surface area contributed by atoms with E-state index < -0.39 is 0 Å². The van der Waals surface area contributed by atoms with Crippen LogP contribution in [0.1, 0.15) is 26.2 Å². The average Bonchev–Trinajstić information content (AvgIpc) is 2.44. The van der Waals surface area contributed by atoms with E-state index in [0.717, 1.165) is 25.9 Å². The highest BCUT2D eigenvalue weighted by molar-refractivity contribution is 6.32. The maximum Gasteiger partial charge on any atom is 0.244 e. The summed E-state index contributed by atoms with van der Waals surface area (Å²) < 4.78 is 0. The molecule has 0 aliphatic carbocycles. The van der Waals surface area contributed by atoms with Crippen molar-refractivity contribution in [2.45, 2.75) is 32.2 Å². The van der Waals surface area contributed by atoms with Crippen molar-refractivity contribution in [1.82, 2.24) is 14.9 Å². The molecule has 1 saturated heterocycles. The number of nitrogens with one attached hydrogen (secondary N) is 1. The summed E-state index contributed by atoms with van der Waals surface area (Å²) in [5, 5.41) is 3.19. The molecule has 1 aliphatic heterocycles. The molecule has 1 aromatic heterocycles. The monoisotopic (exact) mass is 283 g/mol. The summed E-state index contributed by atoms with van der Waals surface area (Å²) in [5.41, 5.74) is 6.03. The second-order valence-electron chi connectivity index (χ2n) is 4.68. The second kappa shape index (κ2) is 6.06. The molecule has 1 atom stereocenters. The smallest absolute Gasteiger partial charge is 0.244 e. The average molecular weight is 284 g/mol. The van der Waals surface area contributed by atoms with Gasteiger partial charge in [0, 0.05) is 13.1 Å². The number of halogens is 1. The fraction of sp³-hybridized carbons (Fsp3) is 0.583. The second-order valence-corrected chi connectivity index (χ2v) is 5.04. The minimum atomic E-state index is -0.383. The third-order valence-electron chi connectivity index (χ3n) is 3.23. The lowest BCUT2D eigenvalue weighted by Gasteiger charge is -2.29. The number of likely N-dealkylation sites (tertiary alicyclic amines) is 1. The van der Waals surface area contributed by atoms with Gasteiger partial charge in [-0.2, -0.15) is 0 Å². The molecule has 1 aliphatic rings. The number of hydrogen-bond donors (Lipinski definition) is 2. The first-order valence-electron chi connectivity index (χ1n) is 6.41. The summed E-state index contributed by atoms with van der Waals surface area (Å²) in [7, 11) is 0. The summed E-state index contributed by atoms with van der Waals surface area (Å²) >= 11 is 5.81. The van der Waals surface area contributed by atoms with Crippen molar-refractivity contribution in [3.8, 4) is 0 Å². The van der Waals surface area contributed by atoms with Crippen LogP contribution in [0.2, 0.25) is 5.15 Å². The lowest BCUT2D eigenvalue weighted by molar-refractivity contribution is -0.132. The molecule has 104 valence electrons. The molecule has 0 bridgehead atoms. The van der Waals surface area contributed by atoms with Gasteiger partial charge in [-0.25, -0.2) is 9.97 Å². The number of amides is 1. The number of carbonyl (C=O) groups is 1. The maximum atomic E-state index is 12.2. The zero-order valence-corrected chi connectivity index (χ0v) is 11.7. The predicted octanol–water partition coefficient (Wildman–Crippen LogP) is 1.53. The Kier molecular flexibility index (Phi) is 4.42. The van der Waals surface area contributed by atoms with Crippen molar-refractivity contribution in [3.63, 3.8) is 0 Å². The van der Waals surface area contributed by atoms with Gasteiger partial charge in [-0.1, -0.05) is 11.6 Å². The SMILES string of the molecule is CC(Nc1ncnc(Cl)c1N)C(=O)N1CCCCC1. The molecule has 0 radical (unpaired) electrons. The number of nitrogens with two attached hydrogens (primary N) is 1. The summed E-state index contributed by atoms with van der Waals surface area (Å²) in [6, 6.07) is -0.383. The zero-order chi connectivity index (χ0) is 13.8. The minimum Gasteiger partial charge on any atom is -0.393 e. The molecule has 6 nitrogen and oxygen atoms in total. The Morgan fingerprint density at radius 3 is 2.79 bits per heavy atom. The predicted molar refractivity (Wildman–Crippen MR) is 75.0 cm³/mol. The van der Waals surface area contributed by atoms with Crippen molar-refractivity contribution in [3.05, 3.63) is 11.5 Å². The molecular weight excluding hydrogens is 266 g/mol. The van der Waals surface area contributed by atoms with E-state index in [1.165, 1.54) is 12.7 Å². The quantitative estimate of drug-likeness (QED) is 0.822. The number of piperidine rings is 1. The fourth-order valence-electron chi connectivity index (χ4n) is 2.14. The van der Waals surface area contributed by atoms with E-state index in [0.29, 0.717) is 5.82 Å². The van der Waals surface area contributed by atoms with E-state index in [9.17, 15) is 4.79 Å². The van der Waals surface area contributed by atoms with Crippen LogP contribution < -0.4 is 11.1 Å². The van der Waals surface area contributed by atoms with Crippen molar-refractivity contribution < 1.29 is 4.79 Å². The molecule has 1 unspecified atom stereocenters. The zero-order valence-electron chi connectivity index (χ0n) is 10.9. The van der Waals surface area contributed by atoms with Crippen LogP contribution in [0.25, 0.3) is 0 Å². The number of nitrogen functional groups attached to an aromatic ring is 1. The van der Waals surface area contributed by atoms with Crippen LogP contribution in [0.15, 0.2) is 6.33 Å². The topological polar surface area (TPSA) is 84.1 Å². The van der Waals surface area contributed by atoms with Crippen molar-refractivity contribution in [1.29, 1.82) is 0 Å². The van der Waals surface area contributed by atoms with Gasteiger partial charge < -0.3 is 16.0 Å². The van der Waals surface area contributed by atoms with Gasteiger partial charge in [0.2, 0.25) is 5.91 Å². The van der Waals surface area contributed by atoms with E-state index in [4.69, 9.17) is 17.3 Å². The van der Waals surface area contributed by atoms with Crippen LogP contribution in [-0.4, -0.2) is 39.9 Å². The molecule has 1 amide bonds. The van der Waals surface area contributed by atoms with Crippen LogP contribution in [0.3, 0.4) is 0 Å². The minimum absolute atomic E-state index is 0.0637. The molecule has 1 fully saturated rings. The van der Waals surface area contributed by atoms with Gasteiger partial charge in [-0.3, -0.25) is 4.79 Å². The largest absolute Gasteiger partial charge is 0.393 e. The van der Waals surface area contributed by atoms with Crippen LogP contribution in [0, 0.1) is 0 Å². The molecular formula is C12H18ClN5O. The van der Waals surface area contributed by atoms with E-state index in [-0.39, 0.29) is 22.8 Å². The number of hydrogen-bond acceptors (Lipinski definition) is 5. The van der Waals surface area contributed by atoms with Crippen LogP contribution in [0.4, 0.5) is 11.5 Å². The summed E-state index contributed by atoms with van der Waals surface area (Å²) in [4.78, 5) is 21.9. The normalized spacial score (nSPS) is 17.1. The Labute approximate surface area is 117 Å². The Bertz CT molecular complexity index is 461. The van der Waals surface area contributed by atoms with Gasteiger partial charge in [0.25, 0.3) is 0 Å². The Balaban J connectivity index is 2.01. The van der Waals surface area contributed by atoms with Crippen molar-refractivity contribution in [2.75, 3.05) is 24.1 Å². The van der Waals surface area contributed by atoms with E-state index >= 15 is 0 Å². The maximum absolute atomic E-state index is 12.2. The van der Waals surface area contributed by atoms with Gasteiger partial charge in [0.15, 0.2) is 11.0 Å². The number of carbonyl (C=O) groups excluding carboxylic acids is 1. The number of aromatic nitrogens is 2. The van der Waals surface area contributed by atoms with Crippen LogP contribution in [-0.2, 0) is 4.79 Å². The van der Waals surface area contributed by atoms with Crippen molar-refractivity contribution in [2.24, 2.45) is 0 Å². The third-order valence-corrected chi connectivity index (χ3v) is 3.53. The molecule has 7 heteroatoms. The molecule has 2 heterocycles. The van der Waals surface area contributed by atoms with E-state index in [1.54, 1.807) is 6.92 Å². The molecule has 0 saturated carbocycles. The van der Waals surface area contributed by atoms with Crippen LogP contribution >= 0.6 is 11.6 Å². The first-order chi connectivity index (χ1) is 9.09. The highest BCUT2D eigenvalue weighted by Gasteiger charge is 2.23. The highest BCUT2D eigenvalue weighted by atomic mass is 35.5. The standard InChI is InChI=1S/C12H18ClN5O/c1-8(12(19)18-5-3-2-4-6-18)17-11-9(14)10(13)15-7-16-11/h7-8H,2-6,14H2,1H3,(H,15,16,17). The molecule has 0 spiro atoms. The van der Waals surface area contributed by atoms with Crippen molar-refractivity contribution >= 4 is 29.0 Å². The molecule has 19 heavy (non-hydrogen) atoms. The van der Waals surface area contributed by atoms with Gasteiger partial charge >= 0.3 is 0 Å². The molecule has 2 rings (SSSR count). The molecule has 0 aromatic carbocycles. The number of nitrogens with zero attached hydrogens (tertiary/aromatic N) is 3. The molecule has 1 aromatic rings. The number of anilines is 2. The van der Waals surface area contributed by atoms with Gasteiger partial charge in [0.05, 0.1) is 0 Å². The Morgan fingerprint density at radius 1 is 1.42 bits per heavy atom. The Morgan fingerprint density at radius 2 is 2.11 bits per heavy atom. The Hall–Kier alpha value is -1.56. The van der Waals surface area contributed by atoms with E-state index in [2.05, 4.69) is 15.3 Å². The molecule has 3 N–H and O–H groups in total. The first kappa shape index (κ1) is 13.9. The van der Waals surface area contributed by atoms with Gasteiger partial charge in [-0.05, 0) is 26.2 Å². The fourth-order valence-corrected chi connectivity index (χ4v) is 2.28. The van der Waals surface area contributed by atoms with Crippen LogP contribution in [0.5, 0.6) is 0 Å². The lowest BCUT2D eigenvalue weighted by Crippen LogP contribution is -2.44. The summed E-state index contributed by atoms with van der Waals surface area (Å²) in [6.45, 7) is 3.45. The van der Waals surface area contributed by atoms with Gasteiger partial charge in [0.1, 0.15) is 18.1 Å². The number of rotatable bonds is 3. The first-order valence-corrected chi connectivity index (χ1v) is 6.78.